The van der Waals surface area contributed by atoms with Gasteiger partial charge >= 0.3 is 16.5 Å². The smallest absolute Gasteiger partial charge is 0.358 e. The highest BCUT2D eigenvalue weighted by atomic mass is 32.3. The quantitative estimate of drug-likeness (QED) is 0.695. The fourth-order valence-electron chi connectivity index (χ4n) is 3.44. The van der Waals surface area contributed by atoms with E-state index in [2.05, 4.69) is 26.5 Å². The number of hydrogen-bond acceptors (Lipinski definition) is 5. The van der Waals surface area contributed by atoms with E-state index in [-0.39, 0.29) is 11.8 Å². The number of carbonyl (C=O) groups excluding carboxylic acids is 1. The molecule has 1 aliphatic rings. The summed E-state index contributed by atoms with van der Waals surface area (Å²) in [5.41, 5.74) is 1.75. The van der Waals surface area contributed by atoms with Crippen LogP contribution < -0.4 is 9.50 Å². The third-order valence-electron chi connectivity index (χ3n) is 4.80. The summed E-state index contributed by atoms with van der Waals surface area (Å²) in [4.78, 5) is 16.4. The van der Waals surface area contributed by atoms with Crippen LogP contribution in [0.25, 0.3) is 0 Å². The molecule has 1 unspecified atom stereocenters. The molecule has 0 spiro atoms. The Morgan fingerprint density at radius 1 is 1.21 bits per heavy atom. The second kappa shape index (κ2) is 9.23. The monoisotopic (exact) mass is 421 g/mol. The van der Waals surface area contributed by atoms with Crippen LogP contribution in [-0.4, -0.2) is 50.9 Å². The average molecular weight is 421 g/mol. The van der Waals surface area contributed by atoms with Gasteiger partial charge in [-0.15, -0.1) is 0 Å². The second-order valence-electron chi connectivity index (χ2n) is 7.19. The molecule has 7 nitrogen and oxygen atoms in total. The number of benzene rings is 2. The van der Waals surface area contributed by atoms with Gasteiger partial charge in [-0.05, 0) is 48.7 Å². The van der Waals surface area contributed by atoms with Gasteiger partial charge in [0.2, 0.25) is 0 Å². The van der Waals surface area contributed by atoms with Gasteiger partial charge in [-0.25, -0.2) is 4.79 Å². The predicted octanol–water partition coefficient (Wildman–Crippen LogP) is 3.27. The lowest BCUT2D eigenvalue weighted by molar-refractivity contribution is 0.212. The van der Waals surface area contributed by atoms with Crippen molar-refractivity contribution in [2.75, 3.05) is 32.0 Å². The number of nitrogens with one attached hydrogen (secondary N) is 1. The number of amides is 2. The van der Waals surface area contributed by atoms with Crippen molar-refractivity contribution >= 4 is 22.2 Å². The summed E-state index contributed by atoms with van der Waals surface area (Å²) in [6.45, 7) is 3.50. The molecular weight excluding hydrogens is 397 g/mol. The van der Waals surface area contributed by atoms with Crippen LogP contribution in [0.1, 0.15) is 12.0 Å². The van der Waals surface area contributed by atoms with Gasteiger partial charge in [0.25, 0.3) is 0 Å². The standard InChI is InChI=1S/C20H24FN3O4S/c1-23(13-17-11-12-24(15-17)14-16-5-3-2-4-6-16)20(25)22-18-7-9-19(10-8-18)28-29(21,26)27/h2-10,17H,11-15H2,1H3,(H,22,25). The fourth-order valence-corrected chi connectivity index (χ4v) is 3.79. The first-order chi connectivity index (χ1) is 13.8. The molecule has 0 aliphatic carbocycles. The summed E-state index contributed by atoms with van der Waals surface area (Å²) in [7, 11) is -3.33. The van der Waals surface area contributed by atoms with E-state index >= 15 is 0 Å². The molecule has 2 amide bonds. The molecule has 3 rings (SSSR count). The van der Waals surface area contributed by atoms with Crippen molar-refractivity contribution in [1.82, 2.24) is 9.80 Å². The zero-order valence-corrected chi connectivity index (χ0v) is 16.9. The molecule has 0 aromatic heterocycles. The van der Waals surface area contributed by atoms with Crippen LogP contribution >= 0.6 is 0 Å². The van der Waals surface area contributed by atoms with Gasteiger partial charge in [0.05, 0.1) is 0 Å². The van der Waals surface area contributed by atoms with E-state index < -0.39 is 10.5 Å². The first-order valence-corrected chi connectivity index (χ1v) is 10.6. The Labute approximate surface area is 170 Å². The molecule has 2 aromatic carbocycles. The Morgan fingerprint density at radius 3 is 2.55 bits per heavy atom. The normalized spacial score (nSPS) is 17.1. The molecule has 156 valence electrons. The third kappa shape index (κ3) is 6.72. The lowest BCUT2D eigenvalue weighted by atomic mass is 10.1. The van der Waals surface area contributed by atoms with Crippen molar-refractivity contribution in [3.8, 4) is 5.75 Å². The molecule has 1 heterocycles. The number of anilines is 1. The SMILES string of the molecule is CN(CC1CCN(Cc2ccccc2)C1)C(=O)Nc1ccc(OS(=O)(=O)F)cc1. The molecular formula is C20H24FN3O4S. The van der Waals surface area contributed by atoms with Crippen LogP contribution in [-0.2, 0) is 17.0 Å². The van der Waals surface area contributed by atoms with Crippen LogP contribution in [0.3, 0.4) is 0 Å². The molecule has 29 heavy (non-hydrogen) atoms. The van der Waals surface area contributed by atoms with E-state index in [9.17, 15) is 17.1 Å². The minimum Gasteiger partial charge on any atom is -0.358 e. The summed E-state index contributed by atoms with van der Waals surface area (Å²) in [5, 5.41) is 2.73. The zero-order valence-electron chi connectivity index (χ0n) is 16.1. The summed E-state index contributed by atoms with van der Waals surface area (Å²) < 4.78 is 37.6. The number of urea groups is 1. The molecule has 0 bridgehead atoms. The number of halogens is 1. The minimum absolute atomic E-state index is 0.164. The van der Waals surface area contributed by atoms with Gasteiger partial charge in [-0.2, -0.15) is 8.42 Å². The Bertz CT molecular complexity index is 923. The number of carbonyl (C=O) groups is 1. The van der Waals surface area contributed by atoms with E-state index in [1.807, 2.05) is 18.2 Å². The van der Waals surface area contributed by atoms with E-state index in [1.165, 1.54) is 29.8 Å². The average Bonchev–Trinajstić information content (AvgIpc) is 3.09. The van der Waals surface area contributed by atoms with E-state index in [4.69, 9.17) is 0 Å². The summed E-state index contributed by atoms with van der Waals surface area (Å²) in [5.74, 6) is 0.239. The molecule has 2 aromatic rings. The fraction of sp³-hybridized carbons (Fsp3) is 0.350. The highest BCUT2D eigenvalue weighted by Gasteiger charge is 2.25. The maximum atomic E-state index is 12.5. The molecule has 1 saturated heterocycles. The maximum Gasteiger partial charge on any atom is 0.488 e. The Hall–Kier alpha value is -2.65. The van der Waals surface area contributed by atoms with Gasteiger partial charge in [-0.3, -0.25) is 4.90 Å². The van der Waals surface area contributed by atoms with Gasteiger partial charge in [-0.1, -0.05) is 34.2 Å². The topological polar surface area (TPSA) is 79.0 Å². The summed E-state index contributed by atoms with van der Waals surface area (Å²) in [6, 6.07) is 15.5. The zero-order chi connectivity index (χ0) is 20.9. The second-order valence-corrected chi connectivity index (χ2v) is 8.14. The van der Waals surface area contributed by atoms with Crippen molar-refractivity contribution in [2.24, 2.45) is 5.92 Å². The number of nitrogens with zero attached hydrogens (tertiary/aromatic N) is 2. The van der Waals surface area contributed by atoms with Gasteiger partial charge < -0.3 is 14.4 Å². The number of hydrogen-bond donors (Lipinski definition) is 1. The molecule has 1 aliphatic heterocycles. The van der Waals surface area contributed by atoms with Gasteiger partial charge in [0.15, 0.2) is 0 Å². The highest BCUT2D eigenvalue weighted by Crippen LogP contribution is 2.21. The van der Waals surface area contributed by atoms with Gasteiger partial charge in [0, 0.05) is 32.4 Å². The molecule has 9 heteroatoms. The van der Waals surface area contributed by atoms with Gasteiger partial charge in [0.1, 0.15) is 5.75 Å². The molecule has 1 fully saturated rings. The molecule has 1 atom stereocenters. The minimum atomic E-state index is -5.06. The molecule has 1 N–H and O–H groups in total. The van der Waals surface area contributed by atoms with Crippen LogP contribution in [0, 0.1) is 5.92 Å². The van der Waals surface area contributed by atoms with E-state index in [0.717, 1.165) is 26.1 Å². The maximum absolute atomic E-state index is 12.5. The number of likely N-dealkylation sites (tertiary alicyclic amines) is 1. The molecule has 0 radical (unpaired) electrons. The van der Waals surface area contributed by atoms with Crippen molar-refractivity contribution in [3.05, 3.63) is 60.2 Å². The highest BCUT2D eigenvalue weighted by molar-refractivity contribution is 7.81. The van der Waals surface area contributed by atoms with Crippen molar-refractivity contribution in [1.29, 1.82) is 0 Å². The van der Waals surface area contributed by atoms with Crippen LogP contribution in [0.4, 0.5) is 14.4 Å². The third-order valence-corrected chi connectivity index (χ3v) is 5.19. The first kappa shape index (κ1) is 21.1. The van der Waals surface area contributed by atoms with Crippen molar-refractivity contribution in [2.45, 2.75) is 13.0 Å². The number of rotatable bonds is 7. The van der Waals surface area contributed by atoms with Crippen molar-refractivity contribution < 1.29 is 21.3 Å². The van der Waals surface area contributed by atoms with Crippen LogP contribution in [0.2, 0.25) is 0 Å². The Balaban J connectivity index is 1.46. The molecule has 0 saturated carbocycles. The largest absolute Gasteiger partial charge is 0.488 e. The van der Waals surface area contributed by atoms with Crippen LogP contribution in [0.15, 0.2) is 54.6 Å². The first-order valence-electron chi connectivity index (χ1n) is 9.31. The summed E-state index contributed by atoms with van der Waals surface area (Å²) >= 11 is 0. The predicted molar refractivity (Wildman–Crippen MR) is 109 cm³/mol. The van der Waals surface area contributed by atoms with Crippen molar-refractivity contribution in [3.63, 3.8) is 0 Å². The lowest BCUT2D eigenvalue weighted by Crippen LogP contribution is -2.36. The Kier molecular flexibility index (Phi) is 6.71. The Morgan fingerprint density at radius 2 is 1.90 bits per heavy atom. The van der Waals surface area contributed by atoms with E-state index in [0.29, 0.717) is 18.2 Å². The van der Waals surface area contributed by atoms with E-state index in [1.54, 1.807) is 11.9 Å². The summed E-state index contributed by atoms with van der Waals surface area (Å²) in [6.07, 6.45) is 1.04. The van der Waals surface area contributed by atoms with Crippen LogP contribution in [0.5, 0.6) is 5.75 Å². The lowest BCUT2D eigenvalue weighted by Gasteiger charge is -2.22.